The predicted octanol–water partition coefficient (Wildman–Crippen LogP) is 1.47. The summed E-state index contributed by atoms with van der Waals surface area (Å²) < 4.78 is 5.71. The molecular weight excluding hydrogens is 228 g/mol. The van der Waals surface area contributed by atoms with Crippen LogP contribution in [0.5, 0.6) is 5.75 Å². The fraction of sp³-hybridized carbons (Fsp3) is 0.500. The van der Waals surface area contributed by atoms with Gasteiger partial charge in [-0.3, -0.25) is 4.79 Å². The number of primary amides is 1. The van der Waals surface area contributed by atoms with Crippen LogP contribution in [0.2, 0.25) is 0 Å². The summed E-state index contributed by atoms with van der Waals surface area (Å²) in [6.45, 7) is 4.77. The molecule has 98 valence electrons. The van der Waals surface area contributed by atoms with Gasteiger partial charge in [-0.15, -0.1) is 0 Å². The first-order valence-electron chi connectivity index (χ1n) is 6.41. The zero-order valence-electron chi connectivity index (χ0n) is 10.7. The van der Waals surface area contributed by atoms with Crippen LogP contribution in [-0.4, -0.2) is 25.6 Å². The molecule has 1 saturated heterocycles. The fourth-order valence-corrected chi connectivity index (χ4v) is 2.25. The van der Waals surface area contributed by atoms with E-state index in [1.807, 2.05) is 19.1 Å². The molecule has 4 nitrogen and oxygen atoms in total. The lowest BCUT2D eigenvalue weighted by Crippen LogP contribution is -2.15. The summed E-state index contributed by atoms with van der Waals surface area (Å²) in [6.07, 6.45) is 2.22. The van der Waals surface area contributed by atoms with Crippen LogP contribution in [0.3, 0.4) is 0 Å². The number of nitrogens with one attached hydrogen (secondary N) is 1. The fourth-order valence-electron chi connectivity index (χ4n) is 2.25. The van der Waals surface area contributed by atoms with Crippen molar-refractivity contribution < 1.29 is 9.53 Å². The number of nitrogens with two attached hydrogens (primary N) is 1. The topological polar surface area (TPSA) is 64.4 Å². The monoisotopic (exact) mass is 248 g/mol. The molecule has 0 aliphatic carbocycles. The first-order chi connectivity index (χ1) is 8.66. The Hall–Kier alpha value is -1.55. The lowest BCUT2D eigenvalue weighted by atomic mass is 10.1. The average molecular weight is 248 g/mol. The van der Waals surface area contributed by atoms with Gasteiger partial charge in [0.25, 0.3) is 5.91 Å². The van der Waals surface area contributed by atoms with Crippen molar-refractivity contribution in [2.45, 2.75) is 19.8 Å². The Morgan fingerprint density at radius 3 is 3.06 bits per heavy atom. The normalized spacial score (nSPS) is 18.8. The molecule has 1 heterocycles. The molecule has 4 heteroatoms. The molecule has 3 N–H and O–H groups in total. The third-order valence-electron chi connectivity index (χ3n) is 3.35. The van der Waals surface area contributed by atoms with Crippen molar-refractivity contribution in [1.29, 1.82) is 0 Å². The van der Waals surface area contributed by atoms with Gasteiger partial charge in [-0.1, -0.05) is 6.07 Å². The largest absolute Gasteiger partial charge is 0.493 e. The Bertz CT molecular complexity index is 426. The van der Waals surface area contributed by atoms with Crippen molar-refractivity contribution in [2.75, 3.05) is 19.7 Å². The van der Waals surface area contributed by atoms with Gasteiger partial charge in [-0.2, -0.15) is 0 Å². The van der Waals surface area contributed by atoms with Crippen LogP contribution < -0.4 is 15.8 Å². The summed E-state index contributed by atoms with van der Waals surface area (Å²) in [5, 5.41) is 3.33. The van der Waals surface area contributed by atoms with E-state index in [4.69, 9.17) is 10.5 Å². The Morgan fingerprint density at radius 2 is 2.39 bits per heavy atom. The highest BCUT2D eigenvalue weighted by atomic mass is 16.5. The highest BCUT2D eigenvalue weighted by Crippen LogP contribution is 2.21. The second-order valence-corrected chi connectivity index (χ2v) is 4.86. The molecule has 1 atom stereocenters. The maximum Gasteiger partial charge on any atom is 0.252 e. The zero-order chi connectivity index (χ0) is 13.0. The molecule has 0 aromatic heterocycles. The van der Waals surface area contributed by atoms with Crippen LogP contribution in [0, 0.1) is 12.8 Å². The number of rotatable bonds is 5. The predicted molar refractivity (Wildman–Crippen MR) is 70.8 cm³/mol. The zero-order valence-corrected chi connectivity index (χ0v) is 10.7. The molecule has 0 bridgehead atoms. The van der Waals surface area contributed by atoms with E-state index < -0.39 is 5.91 Å². The number of carbonyl (C=O) groups excluding carboxylic acids is 1. The minimum absolute atomic E-state index is 0.437. The van der Waals surface area contributed by atoms with Crippen LogP contribution >= 0.6 is 0 Å². The van der Waals surface area contributed by atoms with E-state index >= 15 is 0 Å². The van der Waals surface area contributed by atoms with Crippen molar-refractivity contribution in [1.82, 2.24) is 5.32 Å². The van der Waals surface area contributed by atoms with E-state index in [1.54, 1.807) is 6.07 Å². The molecule has 0 spiro atoms. The first kappa shape index (κ1) is 12.9. The third-order valence-corrected chi connectivity index (χ3v) is 3.35. The van der Waals surface area contributed by atoms with Gasteiger partial charge in [0.15, 0.2) is 0 Å². The smallest absolute Gasteiger partial charge is 0.252 e. The molecule has 1 aliphatic rings. The van der Waals surface area contributed by atoms with Crippen molar-refractivity contribution in [3.8, 4) is 5.75 Å². The van der Waals surface area contributed by atoms with Gasteiger partial charge in [0.05, 0.1) is 12.2 Å². The highest BCUT2D eigenvalue weighted by molar-refractivity contribution is 5.95. The van der Waals surface area contributed by atoms with Crippen molar-refractivity contribution in [3.63, 3.8) is 0 Å². The molecule has 1 amide bonds. The third kappa shape index (κ3) is 3.23. The summed E-state index contributed by atoms with van der Waals surface area (Å²) in [4.78, 5) is 11.3. The molecule has 1 aromatic rings. The summed E-state index contributed by atoms with van der Waals surface area (Å²) in [5.41, 5.74) is 6.86. The molecule has 0 radical (unpaired) electrons. The van der Waals surface area contributed by atoms with E-state index in [2.05, 4.69) is 5.32 Å². The molecule has 1 fully saturated rings. The van der Waals surface area contributed by atoms with E-state index in [-0.39, 0.29) is 0 Å². The van der Waals surface area contributed by atoms with Crippen molar-refractivity contribution in [2.24, 2.45) is 11.7 Å². The lowest BCUT2D eigenvalue weighted by molar-refractivity contribution is 0.0996. The first-order valence-corrected chi connectivity index (χ1v) is 6.41. The molecule has 18 heavy (non-hydrogen) atoms. The number of benzene rings is 1. The van der Waals surface area contributed by atoms with Gasteiger partial charge < -0.3 is 15.8 Å². The molecule has 0 saturated carbocycles. The van der Waals surface area contributed by atoms with Crippen LogP contribution in [0.1, 0.15) is 28.8 Å². The van der Waals surface area contributed by atoms with Gasteiger partial charge in [0.2, 0.25) is 0 Å². The van der Waals surface area contributed by atoms with E-state index in [9.17, 15) is 4.79 Å². The van der Waals surface area contributed by atoms with E-state index in [0.29, 0.717) is 23.8 Å². The average Bonchev–Trinajstić information content (AvgIpc) is 2.82. The number of carbonyl (C=O) groups is 1. The van der Waals surface area contributed by atoms with E-state index in [0.717, 1.165) is 25.1 Å². The minimum atomic E-state index is -0.437. The van der Waals surface area contributed by atoms with Crippen molar-refractivity contribution in [3.05, 3.63) is 29.3 Å². The lowest BCUT2D eigenvalue weighted by Gasteiger charge is -2.12. The van der Waals surface area contributed by atoms with Gasteiger partial charge in [0, 0.05) is 0 Å². The molecule has 1 aromatic carbocycles. The van der Waals surface area contributed by atoms with E-state index in [1.165, 1.54) is 6.42 Å². The van der Waals surface area contributed by atoms with Crippen LogP contribution in [0.25, 0.3) is 0 Å². The maximum absolute atomic E-state index is 11.3. The van der Waals surface area contributed by atoms with Crippen LogP contribution in [0.15, 0.2) is 18.2 Å². The SMILES string of the molecule is Cc1ccc(C(N)=O)c(OCCC2CCNC2)c1. The maximum atomic E-state index is 11.3. The Kier molecular flexibility index (Phi) is 4.20. The summed E-state index contributed by atoms with van der Waals surface area (Å²) in [7, 11) is 0. The molecule has 2 rings (SSSR count). The number of aryl methyl sites for hydroxylation is 1. The highest BCUT2D eigenvalue weighted by Gasteiger charge is 2.15. The Labute approximate surface area is 108 Å². The minimum Gasteiger partial charge on any atom is -0.493 e. The van der Waals surface area contributed by atoms with Gasteiger partial charge in [-0.25, -0.2) is 0 Å². The molecule has 1 unspecified atom stereocenters. The van der Waals surface area contributed by atoms with Gasteiger partial charge >= 0.3 is 0 Å². The Morgan fingerprint density at radius 1 is 1.56 bits per heavy atom. The molecular formula is C14H20N2O2. The molecule has 1 aliphatic heterocycles. The van der Waals surface area contributed by atoms with Crippen LogP contribution in [0.4, 0.5) is 0 Å². The summed E-state index contributed by atoms with van der Waals surface area (Å²) in [6, 6.07) is 5.46. The standard InChI is InChI=1S/C14H20N2O2/c1-10-2-3-12(14(15)17)13(8-10)18-7-5-11-4-6-16-9-11/h2-3,8,11,16H,4-7,9H2,1H3,(H2,15,17). The quantitative estimate of drug-likeness (QED) is 0.829. The van der Waals surface area contributed by atoms with Gasteiger partial charge in [0.1, 0.15) is 5.75 Å². The number of amides is 1. The second kappa shape index (κ2) is 5.87. The number of hydrogen-bond acceptors (Lipinski definition) is 3. The second-order valence-electron chi connectivity index (χ2n) is 4.86. The summed E-state index contributed by atoms with van der Waals surface area (Å²) in [5.74, 6) is 0.854. The number of hydrogen-bond donors (Lipinski definition) is 2. The Balaban J connectivity index is 1.94. The van der Waals surface area contributed by atoms with Gasteiger partial charge in [-0.05, 0) is 56.5 Å². The summed E-state index contributed by atoms with van der Waals surface area (Å²) >= 11 is 0. The van der Waals surface area contributed by atoms with Crippen LogP contribution in [-0.2, 0) is 0 Å². The van der Waals surface area contributed by atoms with Crippen molar-refractivity contribution >= 4 is 5.91 Å². The number of ether oxygens (including phenoxy) is 1.